The summed E-state index contributed by atoms with van der Waals surface area (Å²) >= 11 is 5.71. The number of carbonyl (C=O) groups excluding carboxylic acids is 1. The standard InChI is InChI=1S/C26H23FN6OS/c27-19-6-1-2-7-20(19)30-23(34)12-17-33-25(24(31-26(33)35)21-8-3-4-13-29-21)22-9-5-16-32(22)18-10-14-28-15-11-18/h1-11,13-16,24-25H,12,17H2,(H,30,34)(H,31,35)/t24-,25+/m1/s1. The zero-order valence-corrected chi connectivity index (χ0v) is 19.5. The highest BCUT2D eigenvalue weighted by Crippen LogP contribution is 2.39. The lowest BCUT2D eigenvalue weighted by Crippen LogP contribution is -2.33. The van der Waals surface area contributed by atoms with Crippen LogP contribution in [0.3, 0.4) is 0 Å². The number of para-hydroxylation sites is 1. The molecule has 3 aromatic heterocycles. The predicted molar refractivity (Wildman–Crippen MR) is 135 cm³/mol. The minimum atomic E-state index is -0.470. The molecule has 0 unspecified atom stereocenters. The molecule has 35 heavy (non-hydrogen) atoms. The molecule has 1 saturated heterocycles. The summed E-state index contributed by atoms with van der Waals surface area (Å²) in [4.78, 5) is 23.4. The van der Waals surface area contributed by atoms with Crippen LogP contribution in [-0.4, -0.2) is 37.0 Å². The molecule has 0 radical (unpaired) electrons. The zero-order chi connectivity index (χ0) is 24.2. The van der Waals surface area contributed by atoms with Crippen molar-refractivity contribution in [1.82, 2.24) is 24.8 Å². The highest BCUT2D eigenvalue weighted by molar-refractivity contribution is 7.80. The number of nitrogens with one attached hydrogen (secondary N) is 2. The third-order valence-corrected chi connectivity index (χ3v) is 6.30. The first-order chi connectivity index (χ1) is 17.1. The topological polar surface area (TPSA) is 75.1 Å². The van der Waals surface area contributed by atoms with Crippen LogP contribution in [0.4, 0.5) is 10.1 Å². The fourth-order valence-corrected chi connectivity index (χ4v) is 4.67. The molecule has 1 aliphatic rings. The summed E-state index contributed by atoms with van der Waals surface area (Å²) in [5.41, 5.74) is 2.97. The van der Waals surface area contributed by atoms with Gasteiger partial charge in [0.05, 0.1) is 23.5 Å². The molecular formula is C26H23FN6OS. The quantitative estimate of drug-likeness (QED) is 0.377. The Labute approximate surface area is 207 Å². The van der Waals surface area contributed by atoms with Crippen LogP contribution in [0.25, 0.3) is 5.69 Å². The number of hydrogen-bond acceptors (Lipinski definition) is 4. The van der Waals surface area contributed by atoms with Crippen molar-refractivity contribution in [2.45, 2.75) is 18.5 Å². The van der Waals surface area contributed by atoms with Gasteiger partial charge in [0.15, 0.2) is 5.11 Å². The van der Waals surface area contributed by atoms with E-state index in [1.54, 1.807) is 30.7 Å². The maximum Gasteiger partial charge on any atom is 0.226 e. The van der Waals surface area contributed by atoms with E-state index in [2.05, 4.69) is 25.2 Å². The number of carbonyl (C=O) groups is 1. The van der Waals surface area contributed by atoms with Crippen LogP contribution in [0.5, 0.6) is 0 Å². The molecule has 0 saturated carbocycles. The first-order valence-electron chi connectivity index (χ1n) is 11.2. The Morgan fingerprint density at radius 1 is 1.03 bits per heavy atom. The molecule has 0 aliphatic carbocycles. The van der Waals surface area contributed by atoms with Crippen LogP contribution in [0.15, 0.2) is 91.5 Å². The third kappa shape index (κ3) is 4.76. The summed E-state index contributed by atoms with van der Waals surface area (Å²) in [6, 6.07) is 19.4. The summed E-state index contributed by atoms with van der Waals surface area (Å²) < 4.78 is 16.1. The second-order valence-corrected chi connectivity index (χ2v) is 8.49. The van der Waals surface area contributed by atoms with Gasteiger partial charge in [-0.25, -0.2) is 4.39 Å². The Balaban J connectivity index is 1.44. The molecule has 7 nitrogen and oxygen atoms in total. The normalized spacial score (nSPS) is 17.3. The highest BCUT2D eigenvalue weighted by Gasteiger charge is 2.41. The molecule has 0 spiro atoms. The van der Waals surface area contributed by atoms with E-state index in [9.17, 15) is 9.18 Å². The van der Waals surface area contributed by atoms with Crippen LogP contribution in [0.1, 0.15) is 29.9 Å². The van der Waals surface area contributed by atoms with Crippen molar-refractivity contribution in [3.8, 4) is 5.69 Å². The van der Waals surface area contributed by atoms with Gasteiger partial charge in [-0.2, -0.15) is 0 Å². The SMILES string of the molecule is O=C(CCN1C(=S)N[C@H](c2ccccn2)[C@@H]1c1cccn1-c1ccncc1)Nc1ccccc1F. The molecular weight excluding hydrogens is 463 g/mol. The van der Waals surface area contributed by atoms with Crippen molar-refractivity contribution in [3.63, 3.8) is 0 Å². The van der Waals surface area contributed by atoms with Gasteiger partial charge in [0.2, 0.25) is 5.91 Å². The highest BCUT2D eigenvalue weighted by atomic mass is 32.1. The van der Waals surface area contributed by atoms with Crippen molar-refractivity contribution in [2.24, 2.45) is 0 Å². The van der Waals surface area contributed by atoms with Gasteiger partial charge in [0, 0.05) is 49.1 Å². The van der Waals surface area contributed by atoms with Crippen molar-refractivity contribution in [3.05, 3.63) is 109 Å². The molecule has 4 aromatic rings. The fraction of sp³-hybridized carbons (Fsp3) is 0.154. The van der Waals surface area contributed by atoms with Gasteiger partial charge in [-0.1, -0.05) is 18.2 Å². The van der Waals surface area contributed by atoms with E-state index >= 15 is 0 Å². The Bertz CT molecular complexity index is 1330. The second-order valence-electron chi connectivity index (χ2n) is 8.11. The molecule has 1 amide bonds. The number of pyridine rings is 2. The number of aromatic nitrogens is 3. The lowest BCUT2D eigenvalue weighted by atomic mass is 10.0. The number of halogens is 1. The minimum Gasteiger partial charge on any atom is -0.352 e. The lowest BCUT2D eigenvalue weighted by molar-refractivity contribution is -0.116. The monoisotopic (exact) mass is 486 g/mol. The fourth-order valence-electron chi connectivity index (χ4n) is 4.34. The van der Waals surface area contributed by atoms with E-state index in [-0.39, 0.29) is 30.1 Å². The minimum absolute atomic E-state index is 0.136. The van der Waals surface area contributed by atoms with Crippen molar-refractivity contribution in [1.29, 1.82) is 0 Å². The first-order valence-corrected chi connectivity index (χ1v) is 11.6. The van der Waals surface area contributed by atoms with E-state index in [1.807, 2.05) is 53.6 Å². The molecule has 1 aliphatic heterocycles. The van der Waals surface area contributed by atoms with Crippen LogP contribution in [0, 0.1) is 5.82 Å². The number of benzene rings is 1. The van der Waals surface area contributed by atoms with Crippen molar-refractivity contribution in [2.75, 3.05) is 11.9 Å². The van der Waals surface area contributed by atoms with E-state index < -0.39 is 5.82 Å². The summed E-state index contributed by atoms with van der Waals surface area (Å²) in [7, 11) is 0. The summed E-state index contributed by atoms with van der Waals surface area (Å²) in [6.07, 6.45) is 7.38. The average Bonchev–Trinajstić information content (AvgIpc) is 3.49. The van der Waals surface area contributed by atoms with Gasteiger partial charge in [-0.05, 0) is 60.7 Å². The molecule has 1 fully saturated rings. The molecule has 0 bridgehead atoms. The van der Waals surface area contributed by atoms with E-state index in [1.165, 1.54) is 12.1 Å². The molecule has 5 rings (SSSR count). The van der Waals surface area contributed by atoms with Gasteiger partial charge in [0.1, 0.15) is 5.82 Å². The van der Waals surface area contributed by atoms with E-state index in [4.69, 9.17) is 12.2 Å². The van der Waals surface area contributed by atoms with Crippen molar-refractivity contribution >= 4 is 28.9 Å². The summed E-state index contributed by atoms with van der Waals surface area (Å²) in [5, 5.41) is 6.58. The predicted octanol–water partition coefficient (Wildman–Crippen LogP) is 4.41. The number of rotatable bonds is 7. The largest absolute Gasteiger partial charge is 0.352 e. The Kier molecular flexibility index (Phi) is 6.49. The summed E-state index contributed by atoms with van der Waals surface area (Å²) in [6.45, 7) is 0.349. The van der Waals surface area contributed by atoms with Gasteiger partial charge < -0.3 is 20.1 Å². The van der Waals surface area contributed by atoms with Crippen molar-refractivity contribution < 1.29 is 9.18 Å². The lowest BCUT2D eigenvalue weighted by Gasteiger charge is -2.28. The number of thiocarbonyl (C=S) groups is 1. The van der Waals surface area contributed by atoms with Gasteiger partial charge >= 0.3 is 0 Å². The Morgan fingerprint density at radius 3 is 2.60 bits per heavy atom. The Morgan fingerprint density at radius 2 is 1.83 bits per heavy atom. The number of hydrogen-bond donors (Lipinski definition) is 2. The zero-order valence-electron chi connectivity index (χ0n) is 18.7. The van der Waals surface area contributed by atoms with Crippen LogP contribution < -0.4 is 10.6 Å². The first kappa shape index (κ1) is 22.7. The second kappa shape index (κ2) is 10.0. The number of amides is 1. The maximum absolute atomic E-state index is 14.0. The molecule has 176 valence electrons. The smallest absolute Gasteiger partial charge is 0.226 e. The number of anilines is 1. The molecule has 4 heterocycles. The Hall–Kier alpha value is -4.11. The van der Waals surface area contributed by atoms with Gasteiger partial charge in [0.25, 0.3) is 0 Å². The average molecular weight is 487 g/mol. The molecule has 2 atom stereocenters. The van der Waals surface area contributed by atoms with E-state index in [0.29, 0.717) is 11.7 Å². The maximum atomic E-state index is 14.0. The van der Waals surface area contributed by atoms with Crippen LogP contribution in [0.2, 0.25) is 0 Å². The van der Waals surface area contributed by atoms with Crippen LogP contribution in [-0.2, 0) is 4.79 Å². The van der Waals surface area contributed by atoms with Gasteiger partial charge in [-0.3, -0.25) is 14.8 Å². The number of nitrogens with zero attached hydrogens (tertiary/aromatic N) is 4. The molecule has 1 aromatic carbocycles. The van der Waals surface area contributed by atoms with Crippen LogP contribution >= 0.6 is 12.2 Å². The van der Waals surface area contributed by atoms with E-state index in [0.717, 1.165) is 17.1 Å². The molecule has 2 N–H and O–H groups in total. The van der Waals surface area contributed by atoms with Gasteiger partial charge in [-0.15, -0.1) is 0 Å². The third-order valence-electron chi connectivity index (χ3n) is 5.95. The molecule has 9 heteroatoms. The summed E-state index contributed by atoms with van der Waals surface area (Å²) in [5.74, 6) is -0.759.